The van der Waals surface area contributed by atoms with E-state index in [1.165, 1.54) is 18.3 Å². The average Bonchev–Trinajstić information content (AvgIpc) is 2.98. The zero-order valence-electron chi connectivity index (χ0n) is 9.99. The van der Waals surface area contributed by atoms with E-state index in [1.807, 2.05) is 0 Å². The molecule has 2 amide bonds. The maximum absolute atomic E-state index is 11.5. The molecule has 1 aliphatic rings. The van der Waals surface area contributed by atoms with Gasteiger partial charge in [-0.3, -0.25) is 14.9 Å². The van der Waals surface area contributed by atoms with Gasteiger partial charge in [-0.25, -0.2) is 0 Å². The molecule has 1 saturated heterocycles. The van der Waals surface area contributed by atoms with Gasteiger partial charge < -0.3 is 9.63 Å². The Kier molecular flexibility index (Phi) is 3.03. The molecule has 1 aromatic heterocycles. The summed E-state index contributed by atoms with van der Waals surface area (Å²) in [4.78, 5) is 22.9. The van der Waals surface area contributed by atoms with E-state index in [9.17, 15) is 14.7 Å². The molecule has 2 aromatic rings. The minimum Gasteiger partial charge on any atom is -0.507 e. The van der Waals surface area contributed by atoms with Crippen LogP contribution in [0.2, 0.25) is 0 Å². The number of aromatic nitrogens is 1. The second-order valence-corrected chi connectivity index (χ2v) is 4.99. The van der Waals surface area contributed by atoms with Gasteiger partial charge in [-0.05, 0) is 30.0 Å². The summed E-state index contributed by atoms with van der Waals surface area (Å²) in [5.74, 6) is -0.0729. The van der Waals surface area contributed by atoms with Crippen LogP contribution in [0.4, 0.5) is 4.79 Å². The molecule has 0 saturated carbocycles. The number of carbonyl (C=O) groups excluding carboxylic acids is 2. The number of amides is 2. The number of nitrogens with zero attached hydrogens (tertiary/aromatic N) is 1. The number of nitrogens with one attached hydrogen (secondary N) is 1. The molecule has 0 bridgehead atoms. The van der Waals surface area contributed by atoms with E-state index in [1.54, 1.807) is 18.2 Å². The van der Waals surface area contributed by atoms with E-state index < -0.39 is 11.1 Å². The van der Waals surface area contributed by atoms with Crippen molar-refractivity contribution >= 4 is 29.0 Å². The Morgan fingerprint density at radius 1 is 1.30 bits per heavy atom. The molecule has 20 heavy (non-hydrogen) atoms. The predicted octanol–water partition coefficient (Wildman–Crippen LogP) is 2.37. The number of phenolic OH excluding ortho intramolecular Hbond substituents is 1. The summed E-state index contributed by atoms with van der Waals surface area (Å²) in [6.07, 6.45) is 2.93. The van der Waals surface area contributed by atoms with Gasteiger partial charge in [-0.2, -0.15) is 0 Å². The van der Waals surface area contributed by atoms with Crippen LogP contribution in [0.3, 0.4) is 0 Å². The molecule has 2 N–H and O–H groups in total. The second kappa shape index (κ2) is 4.86. The summed E-state index contributed by atoms with van der Waals surface area (Å²) >= 11 is 0.810. The molecule has 0 radical (unpaired) electrons. The molecular weight excluding hydrogens is 280 g/mol. The molecule has 6 nitrogen and oxygen atoms in total. The molecule has 2 heterocycles. The van der Waals surface area contributed by atoms with Crippen LogP contribution in [0.15, 0.2) is 39.9 Å². The minimum atomic E-state index is -0.454. The van der Waals surface area contributed by atoms with Crippen molar-refractivity contribution in [3.05, 3.63) is 40.9 Å². The number of phenols is 1. The molecule has 1 aliphatic heterocycles. The van der Waals surface area contributed by atoms with Crippen LogP contribution in [0.1, 0.15) is 5.56 Å². The van der Waals surface area contributed by atoms with E-state index in [4.69, 9.17) is 4.52 Å². The fourth-order valence-corrected chi connectivity index (χ4v) is 2.46. The predicted molar refractivity (Wildman–Crippen MR) is 72.7 cm³/mol. The van der Waals surface area contributed by atoms with E-state index in [0.717, 1.165) is 11.8 Å². The molecule has 1 aromatic carbocycles. The highest BCUT2D eigenvalue weighted by molar-refractivity contribution is 8.18. The SMILES string of the molecule is O=C1NC(=O)/C(=C/c2cnoc2-c2ccccc2O)S1. The van der Waals surface area contributed by atoms with Gasteiger partial charge in [0.25, 0.3) is 11.1 Å². The number of aromatic hydroxyl groups is 1. The minimum absolute atomic E-state index is 0.0449. The summed E-state index contributed by atoms with van der Waals surface area (Å²) in [5.41, 5.74) is 0.977. The summed E-state index contributed by atoms with van der Waals surface area (Å²) < 4.78 is 5.12. The monoisotopic (exact) mass is 288 g/mol. The van der Waals surface area contributed by atoms with Crippen molar-refractivity contribution in [2.45, 2.75) is 0 Å². The van der Waals surface area contributed by atoms with Crippen molar-refractivity contribution in [1.82, 2.24) is 10.5 Å². The summed E-state index contributed by atoms with van der Waals surface area (Å²) in [7, 11) is 0. The van der Waals surface area contributed by atoms with Crippen LogP contribution in [-0.4, -0.2) is 21.4 Å². The lowest BCUT2D eigenvalue weighted by Crippen LogP contribution is -2.17. The van der Waals surface area contributed by atoms with Crippen molar-refractivity contribution < 1.29 is 19.2 Å². The molecule has 0 spiro atoms. The van der Waals surface area contributed by atoms with Crippen LogP contribution in [-0.2, 0) is 4.79 Å². The van der Waals surface area contributed by atoms with Gasteiger partial charge in [-0.1, -0.05) is 17.3 Å². The maximum atomic E-state index is 11.5. The molecule has 100 valence electrons. The molecule has 0 aliphatic carbocycles. The molecule has 0 unspecified atom stereocenters. The van der Waals surface area contributed by atoms with Gasteiger partial charge in [0.15, 0.2) is 5.76 Å². The van der Waals surface area contributed by atoms with Gasteiger partial charge in [0.1, 0.15) is 5.75 Å². The average molecular weight is 288 g/mol. The summed E-state index contributed by atoms with van der Waals surface area (Å²) in [6.45, 7) is 0. The largest absolute Gasteiger partial charge is 0.507 e. The van der Waals surface area contributed by atoms with E-state index in [2.05, 4.69) is 10.5 Å². The van der Waals surface area contributed by atoms with Gasteiger partial charge in [0, 0.05) is 5.56 Å². The first-order valence-electron chi connectivity index (χ1n) is 5.63. The third-order valence-electron chi connectivity index (χ3n) is 2.68. The van der Waals surface area contributed by atoms with Crippen LogP contribution in [0.25, 0.3) is 17.4 Å². The van der Waals surface area contributed by atoms with E-state index >= 15 is 0 Å². The molecular formula is C13H8N2O4S. The molecule has 0 atom stereocenters. The van der Waals surface area contributed by atoms with Gasteiger partial charge in [0.05, 0.1) is 16.7 Å². The number of imide groups is 1. The Morgan fingerprint density at radius 3 is 2.80 bits per heavy atom. The number of para-hydroxylation sites is 1. The van der Waals surface area contributed by atoms with Crippen LogP contribution < -0.4 is 5.32 Å². The number of thioether (sulfide) groups is 1. The van der Waals surface area contributed by atoms with E-state index in [0.29, 0.717) is 16.9 Å². The van der Waals surface area contributed by atoms with Crippen molar-refractivity contribution in [3.63, 3.8) is 0 Å². The smallest absolute Gasteiger partial charge is 0.290 e. The number of rotatable bonds is 2. The highest BCUT2D eigenvalue weighted by Gasteiger charge is 2.26. The van der Waals surface area contributed by atoms with Gasteiger partial charge >= 0.3 is 0 Å². The zero-order valence-corrected chi connectivity index (χ0v) is 10.8. The van der Waals surface area contributed by atoms with Gasteiger partial charge in [0.2, 0.25) is 0 Å². The van der Waals surface area contributed by atoms with Gasteiger partial charge in [-0.15, -0.1) is 0 Å². The number of hydrogen-bond donors (Lipinski definition) is 2. The Labute approximate surface area is 117 Å². The first-order chi connectivity index (χ1) is 9.65. The van der Waals surface area contributed by atoms with Crippen LogP contribution >= 0.6 is 11.8 Å². The Balaban J connectivity index is 2.04. The normalized spacial score (nSPS) is 16.7. The highest BCUT2D eigenvalue weighted by atomic mass is 32.2. The fourth-order valence-electron chi connectivity index (χ4n) is 1.78. The number of benzene rings is 1. The summed E-state index contributed by atoms with van der Waals surface area (Å²) in [5, 5.41) is 15.2. The molecule has 1 fully saturated rings. The first kappa shape index (κ1) is 12.5. The lowest BCUT2D eigenvalue weighted by molar-refractivity contribution is -0.115. The summed E-state index contributed by atoms with van der Waals surface area (Å²) in [6, 6.07) is 6.63. The molecule has 3 rings (SSSR count). The van der Waals surface area contributed by atoms with E-state index in [-0.39, 0.29) is 10.7 Å². The third-order valence-corrected chi connectivity index (χ3v) is 3.49. The molecule has 7 heteroatoms. The quantitative estimate of drug-likeness (QED) is 0.824. The fraction of sp³-hybridized carbons (Fsp3) is 0. The first-order valence-corrected chi connectivity index (χ1v) is 6.44. The van der Waals surface area contributed by atoms with Crippen LogP contribution in [0, 0.1) is 0 Å². The van der Waals surface area contributed by atoms with Crippen LogP contribution in [0.5, 0.6) is 5.75 Å². The number of hydrogen-bond acceptors (Lipinski definition) is 6. The lowest BCUT2D eigenvalue weighted by atomic mass is 10.1. The van der Waals surface area contributed by atoms with Crippen molar-refractivity contribution in [2.24, 2.45) is 0 Å². The zero-order chi connectivity index (χ0) is 14.1. The maximum Gasteiger partial charge on any atom is 0.290 e. The Bertz CT molecular complexity index is 735. The van der Waals surface area contributed by atoms with Crippen molar-refractivity contribution in [3.8, 4) is 17.1 Å². The highest BCUT2D eigenvalue weighted by Crippen LogP contribution is 2.34. The lowest BCUT2D eigenvalue weighted by Gasteiger charge is -2.00. The second-order valence-electron chi connectivity index (χ2n) is 3.98. The van der Waals surface area contributed by atoms with Crippen molar-refractivity contribution in [1.29, 1.82) is 0 Å². The Morgan fingerprint density at radius 2 is 2.10 bits per heavy atom. The van der Waals surface area contributed by atoms with Crippen molar-refractivity contribution in [2.75, 3.05) is 0 Å². The third kappa shape index (κ3) is 2.19. The Hall–Kier alpha value is -2.54. The standard InChI is InChI=1S/C13H8N2O4S/c16-9-4-2-1-3-8(9)11-7(6-14-19-11)5-10-12(17)15-13(18)20-10/h1-6,16H,(H,15,17,18)/b10-5-. The number of carbonyl (C=O) groups is 2. The topological polar surface area (TPSA) is 92.4 Å².